The van der Waals surface area contributed by atoms with Crippen LogP contribution in [-0.4, -0.2) is 35.3 Å². The average Bonchev–Trinajstić information content (AvgIpc) is 2.52. The van der Waals surface area contributed by atoms with Gasteiger partial charge in [0.1, 0.15) is 0 Å². The molecule has 0 saturated heterocycles. The molecule has 0 aromatic heterocycles. The van der Waals surface area contributed by atoms with Gasteiger partial charge in [-0.25, -0.2) is 9.79 Å². The van der Waals surface area contributed by atoms with Crippen molar-refractivity contribution in [2.75, 3.05) is 6.67 Å². The van der Waals surface area contributed by atoms with Crippen LogP contribution in [0.25, 0.3) is 0 Å². The van der Waals surface area contributed by atoms with E-state index >= 15 is 0 Å². The fourth-order valence-corrected chi connectivity index (χ4v) is 2.42. The number of hydrogen-bond acceptors (Lipinski definition) is 4. The Morgan fingerprint density at radius 2 is 1.52 bits per heavy atom. The largest absolute Gasteiger partial charge is 0.478 e. The molecule has 8 nitrogen and oxygen atoms in total. The maximum atomic E-state index is 11.7. The van der Waals surface area contributed by atoms with Gasteiger partial charge in [-0.15, -0.1) is 0 Å². The number of nitrogens with two attached hydrogens (primary N) is 2. The van der Waals surface area contributed by atoms with Crippen LogP contribution in [-0.2, 0) is 9.59 Å². The van der Waals surface area contributed by atoms with Crippen LogP contribution in [0.2, 0.25) is 0 Å². The SMILES string of the molecule is CCCCCCCCCCCC(=O)NCNC(C)(N=C(N)N)C(=O)O. The number of nitrogens with zero attached hydrogens (tertiary/aromatic N) is 1. The minimum absolute atomic E-state index is 0.0180. The number of carbonyl (C=O) groups excluding carboxylic acids is 1. The summed E-state index contributed by atoms with van der Waals surface area (Å²) in [5.41, 5.74) is 8.79. The van der Waals surface area contributed by atoms with Gasteiger partial charge in [-0.3, -0.25) is 10.1 Å². The van der Waals surface area contributed by atoms with Gasteiger partial charge >= 0.3 is 5.97 Å². The Kier molecular flexibility index (Phi) is 12.5. The Bertz CT molecular complexity index is 425. The molecule has 0 spiro atoms. The summed E-state index contributed by atoms with van der Waals surface area (Å²) in [7, 11) is 0. The third-order valence-electron chi connectivity index (χ3n) is 3.99. The zero-order chi connectivity index (χ0) is 19.1. The van der Waals surface area contributed by atoms with E-state index in [9.17, 15) is 9.59 Å². The lowest BCUT2D eigenvalue weighted by Crippen LogP contribution is -2.53. The van der Waals surface area contributed by atoms with Gasteiger partial charge in [-0.2, -0.15) is 0 Å². The molecule has 1 unspecified atom stereocenters. The lowest BCUT2D eigenvalue weighted by atomic mass is 10.1. The summed E-state index contributed by atoms with van der Waals surface area (Å²) >= 11 is 0. The molecule has 0 aliphatic rings. The topological polar surface area (TPSA) is 143 Å². The number of unbranched alkanes of at least 4 members (excludes halogenated alkanes) is 8. The van der Waals surface area contributed by atoms with E-state index in [1.54, 1.807) is 0 Å². The van der Waals surface area contributed by atoms with Crippen molar-refractivity contribution >= 4 is 17.8 Å². The van der Waals surface area contributed by atoms with Crippen molar-refractivity contribution < 1.29 is 14.7 Å². The van der Waals surface area contributed by atoms with Crippen LogP contribution < -0.4 is 22.1 Å². The van der Waals surface area contributed by atoms with E-state index in [0.717, 1.165) is 19.3 Å². The zero-order valence-corrected chi connectivity index (χ0v) is 15.6. The molecule has 0 fully saturated rings. The molecule has 1 amide bonds. The molecule has 0 bridgehead atoms. The van der Waals surface area contributed by atoms with E-state index in [1.165, 1.54) is 45.4 Å². The summed E-state index contributed by atoms with van der Waals surface area (Å²) in [5.74, 6) is -1.68. The second-order valence-electron chi connectivity index (χ2n) is 6.45. The lowest BCUT2D eigenvalue weighted by Gasteiger charge is -2.22. The summed E-state index contributed by atoms with van der Waals surface area (Å²) < 4.78 is 0. The lowest BCUT2D eigenvalue weighted by molar-refractivity contribution is -0.144. The molecule has 0 rings (SSSR count). The van der Waals surface area contributed by atoms with E-state index in [-0.39, 0.29) is 18.5 Å². The summed E-state index contributed by atoms with van der Waals surface area (Å²) in [6, 6.07) is 0. The van der Waals surface area contributed by atoms with Gasteiger partial charge in [-0.05, 0) is 13.3 Å². The number of rotatable bonds is 15. The average molecular weight is 357 g/mol. The normalized spacial score (nSPS) is 13.0. The van der Waals surface area contributed by atoms with Crippen LogP contribution in [0.1, 0.15) is 78.1 Å². The Hall–Kier alpha value is -1.83. The standard InChI is InChI=1S/C17H35N5O3/c1-3-4-5-6-7-8-9-10-11-12-14(23)20-13-21-17(2,15(24)25)22-16(18)19/h21H,3-13H2,1-2H3,(H,20,23)(H,24,25)(H4,18,19,22). The molecule has 0 radical (unpaired) electrons. The molecule has 0 aromatic carbocycles. The summed E-state index contributed by atoms with van der Waals surface area (Å²) in [5, 5.41) is 14.4. The number of carboxylic acids is 1. The maximum Gasteiger partial charge on any atom is 0.346 e. The van der Waals surface area contributed by atoms with Crippen LogP contribution in [0.4, 0.5) is 0 Å². The van der Waals surface area contributed by atoms with Crippen LogP contribution in [0.15, 0.2) is 4.99 Å². The van der Waals surface area contributed by atoms with Crippen molar-refractivity contribution in [3.8, 4) is 0 Å². The van der Waals surface area contributed by atoms with Crippen molar-refractivity contribution in [1.29, 1.82) is 0 Å². The fourth-order valence-electron chi connectivity index (χ4n) is 2.42. The molecule has 0 heterocycles. The summed E-state index contributed by atoms with van der Waals surface area (Å²) in [4.78, 5) is 26.6. The van der Waals surface area contributed by atoms with E-state index in [2.05, 4.69) is 22.5 Å². The second kappa shape index (κ2) is 13.5. The number of carboxylic acid groups (broad SMARTS) is 1. The predicted octanol–water partition coefficient (Wildman–Crippen LogP) is 1.64. The maximum absolute atomic E-state index is 11.7. The quantitative estimate of drug-likeness (QED) is 0.130. The van der Waals surface area contributed by atoms with Crippen molar-refractivity contribution in [2.45, 2.75) is 83.7 Å². The monoisotopic (exact) mass is 357 g/mol. The van der Waals surface area contributed by atoms with Crippen LogP contribution in [0.3, 0.4) is 0 Å². The molecular weight excluding hydrogens is 322 g/mol. The molecule has 0 aliphatic heterocycles. The summed E-state index contributed by atoms with van der Waals surface area (Å²) in [6.07, 6.45) is 11.2. The minimum Gasteiger partial charge on any atom is -0.478 e. The highest BCUT2D eigenvalue weighted by atomic mass is 16.4. The van der Waals surface area contributed by atoms with E-state index in [0.29, 0.717) is 6.42 Å². The highest BCUT2D eigenvalue weighted by molar-refractivity contribution is 5.84. The van der Waals surface area contributed by atoms with Gasteiger partial charge in [0, 0.05) is 6.42 Å². The van der Waals surface area contributed by atoms with Crippen LogP contribution in [0, 0.1) is 0 Å². The first-order chi connectivity index (χ1) is 11.8. The fraction of sp³-hybridized carbons (Fsp3) is 0.824. The summed E-state index contributed by atoms with van der Waals surface area (Å²) in [6.45, 7) is 3.52. The van der Waals surface area contributed by atoms with Crippen LogP contribution in [0.5, 0.6) is 0 Å². The Morgan fingerprint density at radius 1 is 1.00 bits per heavy atom. The van der Waals surface area contributed by atoms with Crippen molar-refractivity contribution in [3.63, 3.8) is 0 Å². The molecule has 8 heteroatoms. The number of aliphatic imine (C=N–C) groups is 1. The van der Waals surface area contributed by atoms with Gasteiger partial charge in [-0.1, -0.05) is 58.3 Å². The van der Waals surface area contributed by atoms with E-state index in [1.807, 2.05) is 0 Å². The molecule has 1 atom stereocenters. The Labute approximate surface area is 150 Å². The smallest absolute Gasteiger partial charge is 0.346 e. The first-order valence-corrected chi connectivity index (χ1v) is 9.17. The number of amides is 1. The number of carbonyl (C=O) groups is 2. The molecule has 0 saturated carbocycles. The number of aliphatic carboxylic acids is 1. The van der Waals surface area contributed by atoms with Gasteiger partial charge < -0.3 is 21.9 Å². The first kappa shape index (κ1) is 23.2. The molecule has 25 heavy (non-hydrogen) atoms. The Morgan fingerprint density at radius 3 is 2.00 bits per heavy atom. The third kappa shape index (κ3) is 12.2. The predicted molar refractivity (Wildman–Crippen MR) is 99.8 cm³/mol. The molecular formula is C17H35N5O3. The third-order valence-corrected chi connectivity index (χ3v) is 3.99. The molecule has 0 aliphatic carbocycles. The number of nitrogens with one attached hydrogen (secondary N) is 2. The Balaban J connectivity index is 3.77. The van der Waals surface area contributed by atoms with Gasteiger partial charge in [0.2, 0.25) is 11.6 Å². The van der Waals surface area contributed by atoms with Gasteiger partial charge in [0.15, 0.2) is 5.96 Å². The first-order valence-electron chi connectivity index (χ1n) is 9.17. The van der Waals surface area contributed by atoms with E-state index in [4.69, 9.17) is 16.6 Å². The minimum atomic E-state index is -1.66. The second-order valence-corrected chi connectivity index (χ2v) is 6.45. The molecule has 146 valence electrons. The van der Waals surface area contributed by atoms with E-state index < -0.39 is 11.6 Å². The number of guanidine groups is 1. The highest BCUT2D eigenvalue weighted by Gasteiger charge is 2.32. The highest BCUT2D eigenvalue weighted by Crippen LogP contribution is 2.10. The molecule has 0 aromatic rings. The molecule has 7 N–H and O–H groups in total. The zero-order valence-electron chi connectivity index (χ0n) is 15.6. The van der Waals surface area contributed by atoms with Crippen molar-refractivity contribution in [3.05, 3.63) is 0 Å². The van der Waals surface area contributed by atoms with Crippen molar-refractivity contribution in [1.82, 2.24) is 10.6 Å². The number of hydrogen-bond donors (Lipinski definition) is 5. The van der Waals surface area contributed by atoms with Crippen LogP contribution >= 0.6 is 0 Å². The van der Waals surface area contributed by atoms with Crippen molar-refractivity contribution in [2.24, 2.45) is 16.5 Å². The van der Waals surface area contributed by atoms with Gasteiger partial charge in [0.05, 0.1) is 6.67 Å². The van der Waals surface area contributed by atoms with Gasteiger partial charge in [0.25, 0.3) is 0 Å².